The summed E-state index contributed by atoms with van der Waals surface area (Å²) in [4.78, 5) is 12.5. The van der Waals surface area contributed by atoms with Gasteiger partial charge in [0.15, 0.2) is 11.5 Å². The van der Waals surface area contributed by atoms with Gasteiger partial charge in [0.2, 0.25) is 0 Å². The monoisotopic (exact) mass is 295 g/mol. The van der Waals surface area contributed by atoms with Crippen molar-refractivity contribution in [3.8, 4) is 11.5 Å². The number of hydrogen-bond donors (Lipinski definition) is 1. The lowest BCUT2D eigenvalue weighted by Gasteiger charge is -2.20. The second kappa shape index (κ2) is 5.07. The van der Waals surface area contributed by atoms with Crippen LogP contribution in [0.4, 0.5) is 5.69 Å². The highest BCUT2D eigenvalue weighted by molar-refractivity contribution is 6.07. The topological polar surface area (TPSA) is 64.9 Å². The molecule has 1 aliphatic rings. The maximum atomic E-state index is 12.5. The minimum atomic E-state index is -0.230. The van der Waals surface area contributed by atoms with Gasteiger partial charge in [0.25, 0.3) is 5.91 Å². The Kier molecular flexibility index (Phi) is 2.93. The molecule has 6 nitrogen and oxygen atoms in total. The molecule has 3 heterocycles. The first-order valence-corrected chi connectivity index (χ1v) is 6.95. The molecule has 0 spiro atoms. The minimum absolute atomic E-state index is 0.230. The number of anilines is 1. The Morgan fingerprint density at radius 2 is 2.09 bits per heavy atom. The van der Waals surface area contributed by atoms with E-state index in [2.05, 4.69) is 10.4 Å². The van der Waals surface area contributed by atoms with E-state index < -0.39 is 0 Å². The molecule has 22 heavy (non-hydrogen) atoms. The van der Waals surface area contributed by atoms with Gasteiger partial charge < -0.3 is 14.8 Å². The molecule has 2 aromatic heterocycles. The van der Waals surface area contributed by atoms with Gasteiger partial charge in [0, 0.05) is 18.1 Å². The van der Waals surface area contributed by atoms with E-state index in [1.807, 2.05) is 12.1 Å². The summed E-state index contributed by atoms with van der Waals surface area (Å²) < 4.78 is 12.8. The number of carbonyl (C=O) groups is 1. The fourth-order valence-electron chi connectivity index (χ4n) is 2.45. The van der Waals surface area contributed by atoms with E-state index >= 15 is 0 Å². The predicted molar refractivity (Wildman–Crippen MR) is 80.6 cm³/mol. The lowest BCUT2D eigenvalue weighted by molar-refractivity contribution is 0.101. The Balaban J connectivity index is 1.64. The molecule has 0 saturated carbocycles. The number of nitrogens with zero attached hydrogens (tertiary/aromatic N) is 2. The number of para-hydroxylation sites is 1. The van der Waals surface area contributed by atoms with Crippen molar-refractivity contribution < 1.29 is 14.3 Å². The second-order valence-corrected chi connectivity index (χ2v) is 4.90. The molecule has 1 aromatic carbocycles. The number of carbonyl (C=O) groups excluding carboxylic acids is 1. The van der Waals surface area contributed by atoms with Crippen molar-refractivity contribution in [3.05, 3.63) is 54.4 Å². The summed E-state index contributed by atoms with van der Waals surface area (Å²) in [7, 11) is 0. The molecule has 3 aromatic rings. The highest BCUT2D eigenvalue weighted by Gasteiger charge is 2.20. The first-order chi connectivity index (χ1) is 10.8. The van der Waals surface area contributed by atoms with Crippen molar-refractivity contribution in [2.45, 2.75) is 0 Å². The van der Waals surface area contributed by atoms with E-state index in [0.717, 1.165) is 5.52 Å². The quantitative estimate of drug-likeness (QED) is 0.788. The molecule has 1 N–H and O–H groups in total. The third-order valence-electron chi connectivity index (χ3n) is 3.47. The van der Waals surface area contributed by atoms with Crippen LogP contribution in [-0.2, 0) is 0 Å². The number of pyridine rings is 1. The molecule has 0 radical (unpaired) electrons. The molecule has 0 bridgehead atoms. The molecular formula is C16H13N3O3. The van der Waals surface area contributed by atoms with Gasteiger partial charge >= 0.3 is 0 Å². The van der Waals surface area contributed by atoms with E-state index in [0.29, 0.717) is 36.0 Å². The maximum Gasteiger partial charge on any atom is 0.259 e. The molecule has 4 rings (SSSR count). The van der Waals surface area contributed by atoms with Crippen LogP contribution in [-0.4, -0.2) is 28.7 Å². The van der Waals surface area contributed by atoms with E-state index in [9.17, 15) is 4.79 Å². The zero-order valence-corrected chi connectivity index (χ0v) is 11.7. The van der Waals surface area contributed by atoms with Crippen molar-refractivity contribution in [3.63, 3.8) is 0 Å². The Morgan fingerprint density at radius 1 is 1.18 bits per heavy atom. The maximum absolute atomic E-state index is 12.5. The van der Waals surface area contributed by atoms with Crippen molar-refractivity contribution in [2.24, 2.45) is 0 Å². The summed E-state index contributed by atoms with van der Waals surface area (Å²) in [5.41, 5.74) is 2.07. The molecule has 0 saturated heterocycles. The van der Waals surface area contributed by atoms with Crippen molar-refractivity contribution in [1.29, 1.82) is 0 Å². The normalized spacial score (nSPS) is 13.1. The van der Waals surface area contributed by atoms with Crippen LogP contribution in [0.3, 0.4) is 0 Å². The SMILES string of the molecule is O=C(Nc1ccn2nccc2c1)c1cccc2c1OCCO2. The number of amides is 1. The highest BCUT2D eigenvalue weighted by Crippen LogP contribution is 2.33. The molecule has 0 atom stereocenters. The zero-order valence-electron chi connectivity index (χ0n) is 11.7. The summed E-state index contributed by atoms with van der Waals surface area (Å²) in [6.07, 6.45) is 3.50. The van der Waals surface area contributed by atoms with Gasteiger partial charge in [-0.05, 0) is 30.3 Å². The van der Waals surface area contributed by atoms with Gasteiger partial charge in [0.05, 0.1) is 11.1 Å². The van der Waals surface area contributed by atoms with Gasteiger partial charge in [-0.1, -0.05) is 6.07 Å². The Morgan fingerprint density at radius 3 is 3.05 bits per heavy atom. The smallest absolute Gasteiger partial charge is 0.259 e. The molecular weight excluding hydrogens is 282 g/mol. The fourth-order valence-corrected chi connectivity index (χ4v) is 2.45. The van der Waals surface area contributed by atoms with Gasteiger partial charge in [-0.15, -0.1) is 0 Å². The van der Waals surface area contributed by atoms with Crippen LogP contribution in [0.15, 0.2) is 48.8 Å². The number of hydrogen-bond acceptors (Lipinski definition) is 4. The van der Waals surface area contributed by atoms with Crippen molar-refractivity contribution in [2.75, 3.05) is 18.5 Å². The summed E-state index contributed by atoms with van der Waals surface area (Å²) in [5.74, 6) is 0.869. The molecule has 0 aliphatic carbocycles. The van der Waals surface area contributed by atoms with E-state index in [-0.39, 0.29) is 5.91 Å². The highest BCUT2D eigenvalue weighted by atomic mass is 16.6. The van der Waals surface area contributed by atoms with Gasteiger partial charge in [0.1, 0.15) is 13.2 Å². The fraction of sp³-hybridized carbons (Fsp3) is 0.125. The van der Waals surface area contributed by atoms with E-state index in [1.165, 1.54) is 0 Å². The van der Waals surface area contributed by atoms with Crippen molar-refractivity contribution in [1.82, 2.24) is 9.61 Å². The summed E-state index contributed by atoms with van der Waals surface area (Å²) >= 11 is 0. The van der Waals surface area contributed by atoms with E-state index in [1.54, 1.807) is 41.2 Å². The Labute approximate surface area is 126 Å². The predicted octanol–water partition coefficient (Wildman–Crippen LogP) is 2.36. The van der Waals surface area contributed by atoms with E-state index in [4.69, 9.17) is 9.47 Å². The Bertz CT molecular complexity index is 857. The second-order valence-electron chi connectivity index (χ2n) is 4.90. The number of benzene rings is 1. The number of fused-ring (bicyclic) bond motifs is 2. The third-order valence-corrected chi connectivity index (χ3v) is 3.47. The largest absolute Gasteiger partial charge is 0.486 e. The first kappa shape index (κ1) is 12.7. The minimum Gasteiger partial charge on any atom is -0.486 e. The lowest BCUT2D eigenvalue weighted by atomic mass is 10.1. The van der Waals surface area contributed by atoms with Crippen LogP contribution in [0, 0.1) is 0 Å². The van der Waals surface area contributed by atoms with Crippen LogP contribution in [0.2, 0.25) is 0 Å². The summed E-state index contributed by atoms with van der Waals surface area (Å²) in [5, 5.41) is 7.00. The molecule has 1 amide bonds. The van der Waals surface area contributed by atoms with Crippen LogP contribution in [0.1, 0.15) is 10.4 Å². The van der Waals surface area contributed by atoms with Gasteiger partial charge in [-0.3, -0.25) is 4.79 Å². The van der Waals surface area contributed by atoms with Crippen LogP contribution < -0.4 is 14.8 Å². The molecule has 110 valence electrons. The number of nitrogens with one attached hydrogen (secondary N) is 1. The molecule has 0 fully saturated rings. The lowest BCUT2D eigenvalue weighted by Crippen LogP contribution is -2.20. The third kappa shape index (κ3) is 2.14. The number of aromatic nitrogens is 2. The molecule has 0 unspecified atom stereocenters. The average Bonchev–Trinajstić information content (AvgIpc) is 3.02. The molecule has 1 aliphatic heterocycles. The van der Waals surface area contributed by atoms with Crippen LogP contribution in [0.25, 0.3) is 5.52 Å². The van der Waals surface area contributed by atoms with Gasteiger partial charge in [-0.25, -0.2) is 4.52 Å². The standard InChI is InChI=1S/C16H13N3O3/c20-16(13-2-1-3-14-15(13)22-9-8-21-14)18-11-5-7-19-12(10-11)4-6-17-19/h1-7,10H,8-9H2,(H,18,20). The Hall–Kier alpha value is -3.02. The first-order valence-electron chi connectivity index (χ1n) is 6.95. The number of rotatable bonds is 2. The summed E-state index contributed by atoms with van der Waals surface area (Å²) in [6, 6.07) is 10.8. The molecule has 6 heteroatoms. The number of ether oxygens (including phenoxy) is 2. The van der Waals surface area contributed by atoms with Crippen LogP contribution in [0.5, 0.6) is 11.5 Å². The zero-order chi connectivity index (χ0) is 14.9. The van der Waals surface area contributed by atoms with Crippen molar-refractivity contribution >= 4 is 17.1 Å². The van der Waals surface area contributed by atoms with Gasteiger partial charge in [-0.2, -0.15) is 5.10 Å². The van der Waals surface area contributed by atoms with Crippen LogP contribution >= 0.6 is 0 Å². The average molecular weight is 295 g/mol. The summed E-state index contributed by atoms with van der Waals surface area (Å²) in [6.45, 7) is 0.940.